The number of benzene rings is 1. The Hall–Kier alpha value is -1.46. The summed E-state index contributed by atoms with van der Waals surface area (Å²) in [5, 5.41) is 13.2. The highest BCUT2D eigenvalue weighted by Gasteiger charge is 2.20. The van der Waals surface area contributed by atoms with Crippen LogP contribution in [-0.2, 0) is 13.2 Å². The minimum Gasteiger partial charge on any atom is -0.464 e. The average Bonchev–Trinajstić information content (AvgIpc) is 3.14. The number of nitrogens with one attached hydrogen (secondary N) is 1. The third-order valence-electron chi connectivity index (χ3n) is 2.77. The first-order valence-corrected chi connectivity index (χ1v) is 6.94. The smallest absolute Gasteiger partial charge is 0.294 e. The Kier molecular flexibility index (Phi) is 3.52. The van der Waals surface area contributed by atoms with Crippen molar-refractivity contribution < 1.29 is 4.74 Å². The molecule has 0 spiro atoms. The van der Waals surface area contributed by atoms with Crippen LogP contribution in [-0.4, -0.2) is 16.2 Å². The molecule has 0 radical (unpaired) electrons. The summed E-state index contributed by atoms with van der Waals surface area (Å²) >= 11 is 1.51. The lowest BCUT2D eigenvalue weighted by Gasteiger charge is -2.00. The van der Waals surface area contributed by atoms with Crippen LogP contribution in [0.15, 0.2) is 30.3 Å². The molecule has 2 aromatic rings. The summed E-state index contributed by atoms with van der Waals surface area (Å²) in [6.45, 7) is 1.35. The number of aromatic nitrogens is 2. The molecule has 0 amide bonds. The van der Waals surface area contributed by atoms with Crippen molar-refractivity contribution in [1.82, 2.24) is 15.5 Å². The van der Waals surface area contributed by atoms with Gasteiger partial charge in [-0.05, 0) is 18.4 Å². The van der Waals surface area contributed by atoms with Crippen LogP contribution < -0.4 is 10.1 Å². The third-order valence-corrected chi connectivity index (χ3v) is 3.61. The van der Waals surface area contributed by atoms with Crippen LogP contribution in [0, 0.1) is 0 Å². The van der Waals surface area contributed by atoms with E-state index in [2.05, 4.69) is 15.5 Å². The van der Waals surface area contributed by atoms with Crippen molar-refractivity contribution in [3.05, 3.63) is 40.9 Å². The number of hydrogen-bond donors (Lipinski definition) is 1. The van der Waals surface area contributed by atoms with Crippen molar-refractivity contribution in [2.24, 2.45) is 0 Å². The van der Waals surface area contributed by atoms with Crippen molar-refractivity contribution in [1.29, 1.82) is 0 Å². The van der Waals surface area contributed by atoms with Crippen LogP contribution in [0.1, 0.15) is 23.4 Å². The molecule has 1 aliphatic carbocycles. The molecule has 0 aliphatic heterocycles. The Labute approximate surface area is 110 Å². The van der Waals surface area contributed by atoms with E-state index >= 15 is 0 Å². The molecule has 0 unspecified atom stereocenters. The minimum atomic E-state index is 0.547. The van der Waals surface area contributed by atoms with Crippen molar-refractivity contribution in [2.45, 2.75) is 32.0 Å². The molecule has 3 rings (SSSR count). The number of ether oxygens (including phenoxy) is 1. The van der Waals surface area contributed by atoms with Gasteiger partial charge in [-0.3, -0.25) is 0 Å². The van der Waals surface area contributed by atoms with Crippen molar-refractivity contribution in [2.75, 3.05) is 0 Å². The highest BCUT2D eigenvalue weighted by Crippen LogP contribution is 2.22. The van der Waals surface area contributed by atoms with Crippen molar-refractivity contribution in [3.8, 4) is 5.19 Å². The maximum atomic E-state index is 5.61. The molecule has 0 atom stereocenters. The molecule has 0 bridgehead atoms. The summed E-state index contributed by atoms with van der Waals surface area (Å²) in [5.74, 6) is 0. The molecule has 1 saturated carbocycles. The summed E-state index contributed by atoms with van der Waals surface area (Å²) in [4.78, 5) is 0. The maximum absolute atomic E-state index is 5.61. The SMILES string of the molecule is c1ccc(COc2nnc(CNC3CC3)s2)cc1. The Balaban J connectivity index is 1.50. The summed E-state index contributed by atoms with van der Waals surface area (Å²) in [6, 6.07) is 10.8. The van der Waals surface area contributed by atoms with E-state index < -0.39 is 0 Å². The van der Waals surface area contributed by atoms with E-state index in [9.17, 15) is 0 Å². The zero-order valence-electron chi connectivity index (χ0n) is 10.0. The van der Waals surface area contributed by atoms with E-state index in [-0.39, 0.29) is 0 Å². The summed E-state index contributed by atoms with van der Waals surface area (Å²) in [7, 11) is 0. The fourth-order valence-corrected chi connectivity index (χ4v) is 2.24. The number of nitrogens with zero attached hydrogens (tertiary/aromatic N) is 2. The highest BCUT2D eigenvalue weighted by molar-refractivity contribution is 7.13. The molecule has 1 aliphatic rings. The van der Waals surface area contributed by atoms with Crippen LogP contribution in [0.2, 0.25) is 0 Å². The lowest BCUT2D eigenvalue weighted by Crippen LogP contribution is -2.14. The molecule has 1 aromatic heterocycles. The molecule has 1 heterocycles. The van der Waals surface area contributed by atoms with Gasteiger partial charge in [0.15, 0.2) is 0 Å². The standard InChI is InChI=1S/C13H15N3OS/c1-2-4-10(5-3-1)9-17-13-16-15-12(18-13)8-14-11-6-7-11/h1-5,11,14H,6-9H2. The van der Waals surface area contributed by atoms with Gasteiger partial charge in [-0.25, -0.2) is 0 Å². The van der Waals surface area contributed by atoms with E-state index in [0.29, 0.717) is 17.8 Å². The molecular weight excluding hydrogens is 246 g/mol. The van der Waals surface area contributed by atoms with Gasteiger partial charge in [-0.1, -0.05) is 46.8 Å². The van der Waals surface area contributed by atoms with E-state index in [1.807, 2.05) is 30.3 Å². The fraction of sp³-hybridized carbons (Fsp3) is 0.385. The molecule has 4 nitrogen and oxygen atoms in total. The van der Waals surface area contributed by atoms with E-state index in [4.69, 9.17) is 4.74 Å². The van der Waals surface area contributed by atoms with Gasteiger partial charge in [0.25, 0.3) is 5.19 Å². The number of rotatable bonds is 6. The fourth-order valence-electron chi connectivity index (χ4n) is 1.61. The zero-order valence-corrected chi connectivity index (χ0v) is 10.8. The largest absolute Gasteiger partial charge is 0.464 e. The van der Waals surface area contributed by atoms with Crippen LogP contribution in [0.4, 0.5) is 0 Å². The van der Waals surface area contributed by atoms with Gasteiger partial charge in [0.1, 0.15) is 11.6 Å². The van der Waals surface area contributed by atoms with Gasteiger partial charge in [-0.15, -0.1) is 5.10 Å². The van der Waals surface area contributed by atoms with Crippen molar-refractivity contribution >= 4 is 11.3 Å². The number of hydrogen-bond acceptors (Lipinski definition) is 5. The average molecular weight is 261 g/mol. The van der Waals surface area contributed by atoms with Crippen LogP contribution in [0.5, 0.6) is 5.19 Å². The summed E-state index contributed by atoms with van der Waals surface area (Å²) < 4.78 is 5.61. The topological polar surface area (TPSA) is 47.0 Å². The van der Waals surface area contributed by atoms with E-state index in [0.717, 1.165) is 17.1 Å². The second-order valence-corrected chi connectivity index (χ2v) is 5.42. The Bertz CT molecular complexity index is 496. The Morgan fingerprint density at radius 1 is 1.22 bits per heavy atom. The summed E-state index contributed by atoms with van der Waals surface area (Å²) in [6.07, 6.45) is 2.58. The Morgan fingerprint density at radius 2 is 2.06 bits per heavy atom. The minimum absolute atomic E-state index is 0.547. The van der Waals surface area contributed by atoms with E-state index in [1.54, 1.807) is 0 Å². The predicted molar refractivity (Wildman–Crippen MR) is 70.5 cm³/mol. The second-order valence-electron chi connectivity index (χ2n) is 4.39. The zero-order chi connectivity index (χ0) is 12.2. The first kappa shape index (κ1) is 11.6. The molecule has 1 N–H and O–H groups in total. The van der Waals surface area contributed by atoms with Crippen LogP contribution >= 0.6 is 11.3 Å². The Morgan fingerprint density at radius 3 is 2.83 bits per heavy atom. The molecule has 18 heavy (non-hydrogen) atoms. The maximum Gasteiger partial charge on any atom is 0.294 e. The molecular formula is C13H15N3OS. The summed E-state index contributed by atoms with van der Waals surface area (Å²) in [5.41, 5.74) is 1.14. The van der Waals surface area contributed by atoms with E-state index in [1.165, 1.54) is 24.2 Å². The third kappa shape index (κ3) is 3.27. The molecule has 5 heteroatoms. The molecule has 1 aromatic carbocycles. The monoisotopic (exact) mass is 261 g/mol. The van der Waals surface area contributed by atoms with Gasteiger partial charge in [-0.2, -0.15) is 0 Å². The first-order chi connectivity index (χ1) is 8.90. The highest BCUT2D eigenvalue weighted by atomic mass is 32.1. The van der Waals surface area contributed by atoms with Crippen LogP contribution in [0.25, 0.3) is 0 Å². The van der Waals surface area contributed by atoms with Gasteiger partial charge < -0.3 is 10.1 Å². The van der Waals surface area contributed by atoms with Crippen molar-refractivity contribution in [3.63, 3.8) is 0 Å². The predicted octanol–water partition coefficient (Wildman–Crippen LogP) is 2.37. The van der Waals surface area contributed by atoms with Gasteiger partial charge >= 0.3 is 0 Å². The van der Waals surface area contributed by atoms with Gasteiger partial charge in [0.2, 0.25) is 0 Å². The first-order valence-electron chi connectivity index (χ1n) is 6.12. The van der Waals surface area contributed by atoms with Crippen LogP contribution in [0.3, 0.4) is 0 Å². The normalized spacial score (nSPS) is 14.7. The quantitative estimate of drug-likeness (QED) is 0.867. The molecule has 1 fully saturated rings. The van der Waals surface area contributed by atoms with Gasteiger partial charge in [0.05, 0.1) is 6.54 Å². The lowest BCUT2D eigenvalue weighted by atomic mass is 10.2. The lowest BCUT2D eigenvalue weighted by molar-refractivity contribution is 0.302. The molecule has 0 saturated heterocycles. The second kappa shape index (κ2) is 5.46. The van der Waals surface area contributed by atoms with Gasteiger partial charge in [0, 0.05) is 6.04 Å². The molecule has 94 valence electrons.